The molecule has 1 aromatic heterocycles. The van der Waals surface area contributed by atoms with Crippen LogP contribution in [-0.2, 0) is 6.54 Å². The predicted octanol–water partition coefficient (Wildman–Crippen LogP) is 3.77. The Morgan fingerprint density at radius 2 is 2.21 bits per heavy atom. The Hall–Kier alpha value is -1.75. The molecular formula is C14H14BrNO3. The third-order valence-corrected chi connectivity index (χ3v) is 3.51. The second kappa shape index (κ2) is 5.93. The highest BCUT2D eigenvalue weighted by molar-refractivity contribution is 9.10. The monoisotopic (exact) mass is 323 g/mol. The number of furan rings is 1. The van der Waals surface area contributed by atoms with E-state index in [2.05, 4.69) is 20.8 Å². The maximum atomic E-state index is 11.0. The summed E-state index contributed by atoms with van der Waals surface area (Å²) < 4.78 is 5.91. The molecule has 0 saturated heterocycles. The lowest BCUT2D eigenvalue weighted by molar-refractivity contribution is 0.0696. The van der Waals surface area contributed by atoms with Crippen LogP contribution < -0.4 is 4.90 Å². The molecule has 0 fully saturated rings. The molecule has 0 saturated carbocycles. The van der Waals surface area contributed by atoms with Crippen molar-refractivity contribution in [2.45, 2.75) is 13.5 Å². The van der Waals surface area contributed by atoms with E-state index >= 15 is 0 Å². The van der Waals surface area contributed by atoms with Gasteiger partial charge in [0.05, 0.1) is 18.4 Å². The summed E-state index contributed by atoms with van der Waals surface area (Å²) in [6, 6.07) is 9.00. The molecule has 1 N–H and O–H groups in total. The van der Waals surface area contributed by atoms with Crippen molar-refractivity contribution in [3.05, 3.63) is 52.4 Å². The quantitative estimate of drug-likeness (QED) is 0.910. The lowest BCUT2D eigenvalue weighted by atomic mass is 10.2. The zero-order valence-corrected chi connectivity index (χ0v) is 12.1. The number of carboxylic acid groups (broad SMARTS) is 1. The van der Waals surface area contributed by atoms with Crippen LogP contribution in [0.1, 0.15) is 23.0 Å². The minimum absolute atomic E-state index is 0.262. The van der Waals surface area contributed by atoms with Gasteiger partial charge in [-0.15, -0.1) is 0 Å². The molecule has 5 heteroatoms. The molecular weight excluding hydrogens is 310 g/mol. The number of nitrogens with zero attached hydrogens (tertiary/aromatic N) is 1. The molecule has 0 unspecified atom stereocenters. The first-order valence-corrected chi connectivity index (χ1v) is 6.71. The van der Waals surface area contributed by atoms with Crippen molar-refractivity contribution in [2.24, 2.45) is 0 Å². The summed E-state index contributed by atoms with van der Waals surface area (Å²) in [5.74, 6) is -0.0622. The molecule has 0 spiro atoms. The summed E-state index contributed by atoms with van der Waals surface area (Å²) in [4.78, 5) is 13.1. The predicted molar refractivity (Wildman–Crippen MR) is 76.5 cm³/mol. The van der Waals surface area contributed by atoms with Crippen LogP contribution in [0.15, 0.2) is 45.5 Å². The minimum Gasteiger partial charge on any atom is -0.478 e. The summed E-state index contributed by atoms with van der Waals surface area (Å²) >= 11 is 3.29. The molecule has 0 aliphatic rings. The van der Waals surface area contributed by atoms with Crippen molar-refractivity contribution in [1.82, 2.24) is 0 Å². The fourth-order valence-electron chi connectivity index (χ4n) is 1.85. The molecule has 100 valence electrons. The average molecular weight is 324 g/mol. The van der Waals surface area contributed by atoms with Gasteiger partial charge in [0.2, 0.25) is 0 Å². The molecule has 0 aliphatic carbocycles. The van der Waals surface area contributed by atoms with E-state index in [9.17, 15) is 4.79 Å². The molecule has 1 heterocycles. The van der Waals surface area contributed by atoms with Gasteiger partial charge in [-0.25, -0.2) is 4.79 Å². The number of aromatic carboxylic acids is 1. The second-order valence-corrected chi connectivity index (χ2v) is 4.92. The lowest BCUT2D eigenvalue weighted by Gasteiger charge is -2.22. The van der Waals surface area contributed by atoms with Crippen LogP contribution in [0.3, 0.4) is 0 Å². The Labute approximate surface area is 119 Å². The smallest absolute Gasteiger partial charge is 0.336 e. The molecule has 19 heavy (non-hydrogen) atoms. The van der Waals surface area contributed by atoms with Gasteiger partial charge in [0, 0.05) is 16.7 Å². The van der Waals surface area contributed by atoms with Gasteiger partial charge in [-0.1, -0.05) is 0 Å². The normalized spacial score (nSPS) is 10.4. The number of hydrogen-bond donors (Lipinski definition) is 1. The Morgan fingerprint density at radius 1 is 1.42 bits per heavy atom. The topological polar surface area (TPSA) is 53.7 Å². The van der Waals surface area contributed by atoms with Crippen molar-refractivity contribution in [2.75, 3.05) is 11.4 Å². The number of halogens is 1. The summed E-state index contributed by atoms with van der Waals surface area (Å²) in [5, 5.41) is 9.00. The number of rotatable bonds is 5. The van der Waals surface area contributed by atoms with Crippen LogP contribution in [0.4, 0.5) is 5.69 Å². The van der Waals surface area contributed by atoms with Gasteiger partial charge >= 0.3 is 5.97 Å². The lowest BCUT2D eigenvalue weighted by Crippen LogP contribution is -2.21. The van der Waals surface area contributed by atoms with Gasteiger partial charge < -0.3 is 14.4 Å². The van der Waals surface area contributed by atoms with Gasteiger partial charge in [-0.05, 0) is 53.2 Å². The molecule has 4 nitrogen and oxygen atoms in total. The standard InChI is InChI=1S/C14H14BrNO3/c1-2-16(9-11-4-3-7-19-11)10-5-6-12(14(17)18)13(15)8-10/h3-8H,2,9H2,1H3,(H,17,18). The summed E-state index contributed by atoms with van der Waals surface area (Å²) in [6.45, 7) is 3.50. The van der Waals surface area contributed by atoms with Gasteiger partial charge in [-0.2, -0.15) is 0 Å². The van der Waals surface area contributed by atoms with E-state index in [-0.39, 0.29) is 5.56 Å². The highest BCUT2D eigenvalue weighted by Crippen LogP contribution is 2.25. The average Bonchev–Trinajstić information content (AvgIpc) is 2.88. The fourth-order valence-corrected chi connectivity index (χ4v) is 2.39. The highest BCUT2D eigenvalue weighted by Gasteiger charge is 2.12. The van der Waals surface area contributed by atoms with Gasteiger partial charge in [0.1, 0.15) is 5.76 Å². The van der Waals surface area contributed by atoms with E-state index in [4.69, 9.17) is 9.52 Å². The fraction of sp³-hybridized carbons (Fsp3) is 0.214. The van der Waals surface area contributed by atoms with Crippen molar-refractivity contribution in [3.8, 4) is 0 Å². The molecule has 2 aromatic rings. The summed E-state index contributed by atoms with van der Waals surface area (Å²) in [6.07, 6.45) is 1.65. The molecule has 2 rings (SSSR count). The van der Waals surface area contributed by atoms with Gasteiger partial charge in [0.25, 0.3) is 0 Å². The largest absolute Gasteiger partial charge is 0.478 e. The van der Waals surface area contributed by atoms with Crippen LogP contribution in [0, 0.1) is 0 Å². The third kappa shape index (κ3) is 3.17. The summed E-state index contributed by atoms with van der Waals surface area (Å²) in [7, 11) is 0. The van der Waals surface area contributed by atoms with Crippen molar-refractivity contribution in [3.63, 3.8) is 0 Å². The maximum absolute atomic E-state index is 11.0. The van der Waals surface area contributed by atoms with E-state index in [1.165, 1.54) is 0 Å². The van der Waals surface area contributed by atoms with Crippen LogP contribution >= 0.6 is 15.9 Å². The molecule has 0 radical (unpaired) electrons. The Morgan fingerprint density at radius 3 is 2.74 bits per heavy atom. The highest BCUT2D eigenvalue weighted by atomic mass is 79.9. The Bertz CT molecular complexity index is 566. The Balaban J connectivity index is 2.23. The van der Waals surface area contributed by atoms with E-state index in [0.717, 1.165) is 18.0 Å². The zero-order valence-electron chi connectivity index (χ0n) is 10.5. The van der Waals surface area contributed by atoms with E-state index < -0.39 is 5.97 Å². The first-order chi connectivity index (χ1) is 9.11. The van der Waals surface area contributed by atoms with E-state index in [1.54, 1.807) is 18.4 Å². The van der Waals surface area contributed by atoms with Gasteiger partial charge in [-0.3, -0.25) is 0 Å². The number of carbonyl (C=O) groups is 1. The maximum Gasteiger partial charge on any atom is 0.336 e. The second-order valence-electron chi connectivity index (χ2n) is 4.06. The summed E-state index contributed by atoms with van der Waals surface area (Å²) in [5.41, 5.74) is 1.22. The molecule has 1 aromatic carbocycles. The third-order valence-electron chi connectivity index (χ3n) is 2.86. The number of anilines is 1. The van der Waals surface area contributed by atoms with Crippen LogP contribution in [0.25, 0.3) is 0 Å². The Kier molecular flexibility index (Phi) is 4.27. The first kappa shape index (κ1) is 13.7. The zero-order chi connectivity index (χ0) is 13.8. The van der Waals surface area contributed by atoms with Crippen molar-refractivity contribution in [1.29, 1.82) is 0 Å². The van der Waals surface area contributed by atoms with Gasteiger partial charge in [0.15, 0.2) is 0 Å². The van der Waals surface area contributed by atoms with Crippen LogP contribution in [0.2, 0.25) is 0 Å². The SMILES string of the molecule is CCN(Cc1ccco1)c1ccc(C(=O)O)c(Br)c1. The molecule has 0 aliphatic heterocycles. The van der Waals surface area contributed by atoms with E-state index in [0.29, 0.717) is 11.0 Å². The number of carboxylic acids is 1. The van der Waals surface area contributed by atoms with E-state index in [1.807, 2.05) is 25.1 Å². The number of hydrogen-bond acceptors (Lipinski definition) is 3. The van der Waals surface area contributed by atoms with Crippen molar-refractivity contribution >= 4 is 27.6 Å². The minimum atomic E-state index is -0.937. The van der Waals surface area contributed by atoms with Crippen LogP contribution in [-0.4, -0.2) is 17.6 Å². The molecule has 0 amide bonds. The van der Waals surface area contributed by atoms with Crippen molar-refractivity contribution < 1.29 is 14.3 Å². The first-order valence-electron chi connectivity index (χ1n) is 5.92. The van der Waals surface area contributed by atoms with Crippen LogP contribution in [0.5, 0.6) is 0 Å². The molecule has 0 bridgehead atoms. The number of benzene rings is 1. The molecule has 0 atom stereocenters.